The Labute approximate surface area is 289 Å². The average Bonchev–Trinajstić information content (AvgIpc) is 3.66. The van der Waals surface area contributed by atoms with Gasteiger partial charge < -0.3 is 4.42 Å². The van der Waals surface area contributed by atoms with E-state index in [0.717, 1.165) is 60.5 Å². The molecular formula is C46H31N3O. The second kappa shape index (κ2) is 10.8. The summed E-state index contributed by atoms with van der Waals surface area (Å²) in [6, 6.07) is 53.0. The second-order valence-electron chi connectivity index (χ2n) is 13.6. The minimum Gasteiger partial charge on any atom is -0.456 e. The van der Waals surface area contributed by atoms with Gasteiger partial charge in [-0.3, -0.25) is 0 Å². The number of hydrogen-bond acceptors (Lipinski definition) is 4. The first-order chi connectivity index (χ1) is 24.5. The molecule has 9 aromatic rings. The fourth-order valence-corrected chi connectivity index (χ4v) is 8.02. The Morgan fingerprint density at radius 1 is 0.440 bits per heavy atom. The van der Waals surface area contributed by atoms with Crippen LogP contribution in [0.5, 0.6) is 0 Å². The van der Waals surface area contributed by atoms with E-state index < -0.39 is 0 Å². The largest absolute Gasteiger partial charge is 0.456 e. The maximum atomic E-state index is 6.52. The van der Waals surface area contributed by atoms with Crippen LogP contribution in [0.25, 0.3) is 89.1 Å². The zero-order valence-electron chi connectivity index (χ0n) is 27.7. The summed E-state index contributed by atoms with van der Waals surface area (Å²) in [7, 11) is 0. The lowest BCUT2D eigenvalue weighted by Gasteiger charge is -2.24. The molecule has 50 heavy (non-hydrogen) atoms. The van der Waals surface area contributed by atoms with Crippen LogP contribution in [0.1, 0.15) is 25.0 Å². The number of nitrogens with zero attached hydrogens (tertiary/aromatic N) is 3. The van der Waals surface area contributed by atoms with Gasteiger partial charge in [0.15, 0.2) is 17.5 Å². The first-order valence-electron chi connectivity index (χ1n) is 17.0. The summed E-state index contributed by atoms with van der Waals surface area (Å²) in [4.78, 5) is 15.7. The van der Waals surface area contributed by atoms with Crippen molar-refractivity contribution in [2.75, 3.05) is 0 Å². The van der Waals surface area contributed by atoms with Crippen molar-refractivity contribution < 1.29 is 4.42 Å². The highest BCUT2D eigenvalue weighted by Crippen LogP contribution is 2.52. The molecule has 2 heterocycles. The van der Waals surface area contributed by atoms with Crippen LogP contribution >= 0.6 is 0 Å². The zero-order valence-corrected chi connectivity index (χ0v) is 27.7. The van der Waals surface area contributed by atoms with Crippen LogP contribution in [0.3, 0.4) is 0 Å². The van der Waals surface area contributed by atoms with Gasteiger partial charge in [0.05, 0.1) is 0 Å². The van der Waals surface area contributed by atoms with Crippen molar-refractivity contribution in [1.82, 2.24) is 15.0 Å². The second-order valence-corrected chi connectivity index (χ2v) is 13.6. The predicted octanol–water partition coefficient (Wildman–Crippen LogP) is 11.9. The van der Waals surface area contributed by atoms with E-state index in [9.17, 15) is 0 Å². The monoisotopic (exact) mass is 641 g/mol. The molecule has 0 saturated carbocycles. The molecule has 2 aromatic heterocycles. The van der Waals surface area contributed by atoms with Crippen molar-refractivity contribution in [3.05, 3.63) is 163 Å². The molecule has 7 aromatic carbocycles. The van der Waals surface area contributed by atoms with E-state index >= 15 is 0 Å². The smallest absolute Gasteiger partial charge is 0.164 e. The number of fused-ring (bicyclic) bond motifs is 7. The molecule has 0 N–H and O–H groups in total. The minimum absolute atomic E-state index is 0.224. The van der Waals surface area contributed by atoms with Gasteiger partial charge >= 0.3 is 0 Å². The van der Waals surface area contributed by atoms with Crippen LogP contribution in [-0.2, 0) is 5.41 Å². The summed E-state index contributed by atoms with van der Waals surface area (Å²) in [5.74, 6) is 1.91. The molecule has 10 rings (SSSR count). The Morgan fingerprint density at radius 2 is 1.08 bits per heavy atom. The highest BCUT2D eigenvalue weighted by Gasteiger charge is 2.38. The lowest BCUT2D eigenvalue weighted by molar-refractivity contribution is 0.661. The molecule has 1 aliphatic rings. The van der Waals surface area contributed by atoms with E-state index in [1.54, 1.807) is 0 Å². The lowest BCUT2D eigenvalue weighted by Crippen LogP contribution is -2.17. The molecule has 0 bridgehead atoms. The third-order valence-corrected chi connectivity index (χ3v) is 10.3. The predicted molar refractivity (Wildman–Crippen MR) is 204 cm³/mol. The van der Waals surface area contributed by atoms with Crippen molar-refractivity contribution in [3.63, 3.8) is 0 Å². The molecule has 4 heteroatoms. The molecular weight excluding hydrogens is 611 g/mol. The number of aromatic nitrogens is 3. The first kappa shape index (κ1) is 28.6. The van der Waals surface area contributed by atoms with Crippen molar-refractivity contribution in [2.24, 2.45) is 0 Å². The quantitative estimate of drug-likeness (QED) is 0.192. The maximum Gasteiger partial charge on any atom is 0.164 e. The molecule has 0 radical (unpaired) electrons. The molecule has 0 saturated heterocycles. The van der Waals surface area contributed by atoms with Crippen molar-refractivity contribution in [2.45, 2.75) is 19.3 Å². The molecule has 0 unspecified atom stereocenters. The fourth-order valence-electron chi connectivity index (χ4n) is 8.02. The molecule has 0 spiro atoms. The summed E-state index contributed by atoms with van der Waals surface area (Å²) in [5.41, 5.74) is 11.7. The number of benzene rings is 7. The van der Waals surface area contributed by atoms with Crippen LogP contribution in [-0.4, -0.2) is 15.0 Å². The third kappa shape index (κ3) is 4.28. The van der Waals surface area contributed by atoms with E-state index in [-0.39, 0.29) is 5.41 Å². The standard InChI is InChI=1S/C46H31N3O/c1-46(2)38-23-9-8-18-33(38)34-20-11-22-37(42(34)46)45-48-43(47-44(49-45)35-21-10-16-28-15-6-7-17-31(28)35)30-25-26-36-40(27-30)50-39-24-12-19-32(41(36)39)29-13-4-3-5-14-29/h3-27H,1-2H3. The van der Waals surface area contributed by atoms with E-state index in [1.165, 1.54) is 22.3 Å². The molecule has 0 amide bonds. The lowest BCUT2D eigenvalue weighted by atomic mass is 9.80. The Kier molecular flexibility index (Phi) is 6.19. The summed E-state index contributed by atoms with van der Waals surface area (Å²) < 4.78 is 6.52. The van der Waals surface area contributed by atoms with Gasteiger partial charge in [0.2, 0.25) is 0 Å². The highest BCUT2D eigenvalue weighted by molar-refractivity contribution is 6.13. The van der Waals surface area contributed by atoms with Crippen LogP contribution in [0.15, 0.2) is 156 Å². The molecule has 0 atom stereocenters. The fraction of sp³-hybridized carbons (Fsp3) is 0.0652. The molecule has 0 aliphatic heterocycles. The van der Waals surface area contributed by atoms with E-state index in [1.807, 2.05) is 12.1 Å². The molecule has 0 fully saturated rings. The van der Waals surface area contributed by atoms with Gasteiger partial charge in [-0.25, -0.2) is 15.0 Å². The Bertz CT molecular complexity index is 2790. The SMILES string of the molecule is CC1(C)c2ccccc2-c2cccc(-c3nc(-c4ccc5c(c4)oc4cccc(-c6ccccc6)c45)nc(-c4cccc5ccccc45)n3)c21. The van der Waals surface area contributed by atoms with Crippen LogP contribution in [0, 0.1) is 0 Å². The molecule has 4 nitrogen and oxygen atoms in total. The minimum atomic E-state index is -0.224. The van der Waals surface area contributed by atoms with Crippen molar-refractivity contribution in [1.29, 1.82) is 0 Å². The Hall–Kier alpha value is -6.39. The summed E-state index contributed by atoms with van der Waals surface area (Å²) >= 11 is 0. The molecule has 1 aliphatic carbocycles. The van der Waals surface area contributed by atoms with E-state index in [0.29, 0.717) is 17.5 Å². The van der Waals surface area contributed by atoms with Crippen LogP contribution in [0.2, 0.25) is 0 Å². The Morgan fingerprint density at radius 3 is 1.98 bits per heavy atom. The number of hydrogen-bond donors (Lipinski definition) is 0. The third-order valence-electron chi connectivity index (χ3n) is 10.3. The number of furan rings is 1. The van der Waals surface area contributed by atoms with Crippen molar-refractivity contribution in [3.8, 4) is 56.4 Å². The van der Waals surface area contributed by atoms with Gasteiger partial charge in [-0.2, -0.15) is 0 Å². The average molecular weight is 642 g/mol. The van der Waals surface area contributed by atoms with Gasteiger partial charge in [-0.05, 0) is 62.4 Å². The van der Waals surface area contributed by atoms with Gasteiger partial charge in [-0.15, -0.1) is 0 Å². The van der Waals surface area contributed by atoms with Crippen LogP contribution in [0.4, 0.5) is 0 Å². The zero-order chi connectivity index (χ0) is 33.4. The number of rotatable bonds is 4. The van der Waals surface area contributed by atoms with Gasteiger partial charge in [0.1, 0.15) is 11.2 Å². The van der Waals surface area contributed by atoms with Crippen molar-refractivity contribution >= 4 is 32.7 Å². The van der Waals surface area contributed by atoms with Gasteiger partial charge in [0.25, 0.3) is 0 Å². The summed E-state index contributed by atoms with van der Waals surface area (Å²) in [6.45, 7) is 4.60. The summed E-state index contributed by atoms with van der Waals surface area (Å²) in [6.07, 6.45) is 0. The van der Waals surface area contributed by atoms with Gasteiger partial charge in [-0.1, -0.05) is 147 Å². The Balaban J connectivity index is 1.21. The summed E-state index contributed by atoms with van der Waals surface area (Å²) in [5, 5.41) is 4.41. The first-order valence-corrected chi connectivity index (χ1v) is 17.0. The highest BCUT2D eigenvalue weighted by atomic mass is 16.3. The van der Waals surface area contributed by atoms with E-state index in [4.69, 9.17) is 19.4 Å². The van der Waals surface area contributed by atoms with Gasteiger partial charge in [0, 0.05) is 32.9 Å². The normalized spacial score (nSPS) is 13.2. The van der Waals surface area contributed by atoms with Crippen LogP contribution < -0.4 is 0 Å². The molecule has 236 valence electrons. The van der Waals surface area contributed by atoms with E-state index in [2.05, 4.69) is 153 Å². The topological polar surface area (TPSA) is 51.8 Å². The maximum absolute atomic E-state index is 6.52.